The Labute approximate surface area is 128 Å². The van der Waals surface area contributed by atoms with Crippen molar-refractivity contribution in [2.45, 2.75) is 11.3 Å². The first-order chi connectivity index (χ1) is 10.3. The zero-order valence-corrected chi connectivity index (χ0v) is 12.9. The molecule has 0 aromatic heterocycles. The molecule has 0 heterocycles. The van der Waals surface area contributed by atoms with E-state index in [1.54, 1.807) is 0 Å². The molecule has 1 aromatic rings. The maximum atomic E-state index is 13.7. The third kappa shape index (κ3) is 4.38. The van der Waals surface area contributed by atoms with Gasteiger partial charge in [0.05, 0.1) is 12.5 Å². The van der Waals surface area contributed by atoms with E-state index in [9.17, 15) is 17.6 Å². The number of sulfonamides is 1. The first-order valence-electron chi connectivity index (χ1n) is 6.36. The lowest BCUT2D eigenvalue weighted by Crippen LogP contribution is -2.29. The first-order valence-corrected chi connectivity index (χ1v) is 7.84. The molecule has 8 heteroatoms. The number of nitrogens with one attached hydrogen (secondary N) is 1. The summed E-state index contributed by atoms with van der Waals surface area (Å²) in [5, 5.41) is 8.50. The molecule has 6 nitrogen and oxygen atoms in total. The van der Waals surface area contributed by atoms with E-state index in [1.807, 2.05) is 6.07 Å². The summed E-state index contributed by atoms with van der Waals surface area (Å²) in [6, 6.07) is 5.01. The van der Waals surface area contributed by atoms with Crippen LogP contribution in [0.2, 0.25) is 0 Å². The van der Waals surface area contributed by atoms with Crippen LogP contribution in [-0.4, -0.2) is 39.4 Å². The average molecular weight is 325 g/mol. The number of halogens is 1. The van der Waals surface area contributed by atoms with Gasteiger partial charge in [0.15, 0.2) is 0 Å². The van der Waals surface area contributed by atoms with Crippen LogP contribution in [0.25, 0.3) is 0 Å². The number of hydrogen-bond acceptors (Lipinski definition) is 4. The summed E-state index contributed by atoms with van der Waals surface area (Å²) in [4.78, 5) is 12.8. The van der Waals surface area contributed by atoms with E-state index in [4.69, 9.17) is 5.26 Å². The Kier molecular flexibility index (Phi) is 6.22. The van der Waals surface area contributed by atoms with Gasteiger partial charge >= 0.3 is 0 Å². The number of hydrogen-bond donors (Lipinski definition) is 1. The predicted octanol–water partition coefficient (Wildman–Crippen LogP) is 1.28. The van der Waals surface area contributed by atoms with E-state index in [0.717, 1.165) is 12.1 Å². The highest BCUT2D eigenvalue weighted by Gasteiger charge is 2.21. The van der Waals surface area contributed by atoms with Crippen LogP contribution in [0, 0.1) is 17.1 Å². The lowest BCUT2D eigenvalue weighted by Gasteiger charge is -2.16. The second-order valence-electron chi connectivity index (χ2n) is 4.42. The number of amides is 1. The topological polar surface area (TPSA) is 90.3 Å². The van der Waals surface area contributed by atoms with Crippen molar-refractivity contribution in [2.75, 3.05) is 20.1 Å². The first kappa shape index (κ1) is 17.8. The van der Waals surface area contributed by atoms with Crippen molar-refractivity contribution in [1.82, 2.24) is 9.62 Å². The summed E-state index contributed by atoms with van der Waals surface area (Å²) >= 11 is 0. The fourth-order valence-corrected chi connectivity index (χ4v) is 2.73. The average Bonchev–Trinajstić information content (AvgIpc) is 2.50. The van der Waals surface area contributed by atoms with E-state index in [1.165, 1.54) is 24.1 Å². The minimum atomic E-state index is -4.07. The van der Waals surface area contributed by atoms with Gasteiger partial charge in [0.25, 0.3) is 5.91 Å². The molecule has 0 bridgehead atoms. The summed E-state index contributed by atoms with van der Waals surface area (Å²) in [6.45, 7) is 3.51. The number of carbonyl (C=O) groups excluding carboxylic acids is 1. The standard InChI is InChI=1S/C14H16FN3O3S/c1-3-8-17-22(20,21)13-10-11(5-6-12(13)15)14(19)18(2)9-4-7-16/h3,5-6,10,17H,1,4,8-9H2,2H3. The lowest BCUT2D eigenvalue weighted by atomic mass is 10.2. The lowest BCUT2D eigenvalue weighted by molar-refractivity contribution is 0.0797. The second-order valence-corrected chi connectivity index (χ2v) is 6.16. The molecule has 0 spiro atoms. The van der Waals surface area contributed by atoms with Gasteiger partial charge < -0.3 is 4.90 Å². The third-order valence-electron chi connectivity index (χ3n) is 2.79. The maximum Gasteiger partial charge on any atom is 0.253 e. The maximum absolute atomic E-state index is 13.7. The molecule has 0 aliphatic carbocycles. The molecule has 0 saturated carbocycles. The smallest absolute Gasteiger partial charge is 0.253 e. The van der Waals surface area contributed by atoms with Gasteiger partial charge in [-0.2, -0.15) is 5.26 Å². The van der Waals surface area contributed by atoms with Crippen molar-refractivity contribution >= 4 is 15.9 Å². The number of nitriles is 1. The highest BCUT2D eigenvalue weighted by Crippen LogP contribution is 2.17. The Morgan fingerprint density at radius 3 is 2.82 bits per heavy atom. The van der Waals surface area contributed by atoms with Gasteiger partial charge in [0, 0.05) is 25.7 Å². The molecule has 0 unspecified atom stereocenters. The van der Waals surface area contributed by atoms with Crippen LogP contribution in [0.3, 0.4) is 0 Å². The van der Waals surface area contributed by atoms with Crippen LogP contribution in [0.15, 0.2) is 35.7 Å². The van der Waals surface area contributed by atoms with E-state index in [2.05, 4.69) is 11.3 Å². The summed E-state index contributed by atoms with van der Waals surface area (Å²) < 4.78 is 39.8. The number of carbonyl (C=O) groups is 1. The molecule has 0 aliphatic heterocycles. The molecule has 0 atom stereocenters. The monoisotopic (exact) mass is 325 g/mol. The van der Waals surface area contributed by atoms with E-state index in [-0.39, 0.29) is 25.1 Å². The molecule has 0 radical (unpaired) electrons. The number of rotatable bonds is 7. The predicted molar refractivity (Wildman–Crippen MR) is 79.0 cm³/mol. The fraction of sp³-hybridized carbons (Fsp3) is 0.286. The van der Waals surface area contributed by atoms with Gasteiger partial charge in [-0.25, -0.2) is 17.5 Å². The summed E-state index contributed by atoms with van der Waals surface area (Å²) in [5.41, 5.74) is 0.0285. The van der Waals surface area contributed by atoms with Crippen LogP contribution in [-0.2, 0) is 10.0 Å². The van der Waals surface area contributed by atoms with E-state index in [0.29, 0.717) is 0 Å². The van der Waals surface area contributed by atoms with Gasteiger partial charge in [-0.05, 0) is 18.2 Å². The Balaban J connectivity index is 3.12. The Morgan fingerprint density at radius 2 is 2.23 bits per heavy atom. The minimum absolute atomic E-state index is 0.0285. The molecule has 22 heavy (non-hydrogen) atoms. The molecule has 0 saturated heterocycles. The van der Waals surface area contributed by atoms with E-state index < -0.39 is 26.6 Å². The van der Waals surface area contributed by atoms with Crippen molar-refractivity contribution in [1.29, 1.82) is 5.26 Å². The highest BCUT2D eigenvalue weighted by molar-refractivity contribution is 7.89. The number of nitrogens with zero attached hydrogens (tertiary/aromatic N) is 2. The molecule has 1 amide bonds. The van der Waals surface area contributed by atoms with Gasteiger partial charge in [0.1, 0.15) is 10.7 Å². The van der Waals surface area contributed by atoms with Gasteiger partial charge in [-0.3, -0.25) is 4.79 Å². The van der Waals surface area contributed by atoms with Crippen LogP contribution >= 0.6 is 0 Å². The largest absolute Gasteiger partial charge is 0.341 e. The zero-order valence-electron chi connectivity index (χ0n) is 12.0. The second kappa shape index (κ2) is 7.68. The van der Waals surface area contributed by atoms with Crippen molar-refractivity contribution in [3.8, 4) is 6.07 Å². The van der Waals surface area contributed by atoms with Crippen LogP contribution in [0.1, 0.15) is 16.8 Å². The molecular weight excluding hydrogens is 309 g/mol. The summed E-state index contributed by atoms with van der Waals surface area (Å²) in [5.74, 6) is -1.44. The van der Waals surface area contributed by atoms with E-state index >= 15 is 0 Å². The molecule has 0 fully saturated rings. The van der Waals surface area contributed by atoms with Gasteiger partial charge in [-0.1, -0.05) is 6.08 Å². The van der Waals surface area contributed by atoms with Crippen LogP contribution < -0.4 is 4.72 Å². The quantitative estimate of drug-likeness (QED) is 0.765. The minimum Gasteiger partial charge on any atom is -0.341 e. The molecule has 0 aliphatic rings. The van der Waals surface area contributed by atoms with Crippen molar-refractivity contribution in [3.63, 3.8) is 0 Å². The highest BCUT2D eigenvalue weighted by atomic mass is 32.2. The van der Waals surface area contributed by atoms with Gasteiger partial charge in [0.2, 0.25) is 10.0 Å². The number of benzene rings is 1. The summed E-state index contributed by atoms with van der Waals surface area (Å²) in [7, 11) is -2.59. The van der Waals surface area contributed by atoms with Crippen molar-refractivity contribution in [2.24, 2.45) is 0 Å². The molecule has 1 rings (SSSR count). The summed E-state index contributed by atoms with van der Waals surface area (Å²) in [6.07, 6.45) is 1.47. The fourth-order valence-electron chi connectivity index (χ4n) is 1.63. The molecule has 118 valence electrons. The third-order valence-corrected chi connectivity index (χ3v) is 4.23. The van der Waals surface area contributed by atoms with Crippen LogP contribution in [0.4, 0.5) is 4.39 Å². The molecular formula is C14H16FN3O3S. The SMILES string of the molecule is C=CCNS(=O)(=O)c1cc(C(=O)N(C)CCC#N)ccc1F. The Morgan fingerprint density at radius 1 is 1.55 bits per heavy atom. The van der Waals surface area contributed by atoms with Gasteiger partial charge in [-0.15, -0.1) is 6.58 Å². The normalized spacial score (nSPS) is 10.8. The Bertz CT molecular complexity index is 711. The molecule has 1 N–H and O–H groups in total. The van der Waals surface area contributed by atoms with Crippen molar-refractivity contribution < 1.29 is 17.6 Å². The van der Waals surface area contributed by atoms with Crippen molar-refractivity contribution in [3.05, 3.63) is 42.2 Å². The van der Waals surface area contributed by atoms with Crippen LogP contribution in [0.5, 0.6) is 0 Å². The Hall–Kier alpha value is -2.24. The zero-order chi connectivity index (χ0) is 16.8. The molecule has 1 aromatic carbocycles.